The van der Waals surface area contributed by atoms with Gasteiger partial charge in [0, 0.05) is 18.3 Å². The van der Waals surface area contributed by atoms with Gasteiger partial charge in [-0.2, -0.15) is 5.26 Å². The molecule has 2 aromatic rings. The summed E-state index contributed by atoms with van der Waals surface area (Å²) in [4.78, 5) is 2.42. The van der Waals surface area contributed by atoms with Crippen LogP contribution in [0.15, 0.2) is 36.0 Å². The molecular weight excluding hydrogens is 326 g/mol. The molecule has 26 heavy (non-hydrogen) atoms. The second-order valence-corrected chi connectivity index (χ2v) is 6.52. The quantitative estimate of drug-likeness (QED) is 0.879. The van der Waals surface area contributed by atoms with Gasteiger partial charge in [0.2, 0.25) is 0 Å². The highest BCUT2D eigenvalue weighted by Gasteiger charge is 2.13. The van der Waals surface area contributed by atoms with E-state index in [1.807, 2.05) is 31.3 Å². The highest BCUT2D eigenvalue weighted by molar-refractivity contribution is 5.72. The third-order valence-electron chi connectivity index (χ3n) is 4.63. The highest BCUT2D eigenvalue weighted by Crippen LogP contribution is 2.32. The third kappa shape index (κ3) is 4.01. The van der Waals surface area contributed by atoms with Gasteiger partial charge >= 0.3 is 0 Å². The molecule has 3 rings (SSSR count). The summed E-state index contributed by atoms with van der Waals surface area (Å²) in [6.07, 6.45) is 4.31. The van der Waals surface area contributed by atoms with Crippen LogP contribution in [0.1, 0.15) is 30.9 Å². The van der Waals surface area contributed by atoms with Gasteiger partial charge < -0.3 is 10.4 Å². The van der Waals surface area contributed by atoms with E-state index in [9.17, 15) is 5.11 Å². The number of nitrogens with zero attached hydrogens (tertiary/aromatic N) is 4. The number of hydrogen-bond acceptors (Lipinski definition) is 6. The Hall–Kier alpha value is -2.91. The summed E-state index contributed by atoms with van der Waals surface area (Å²) in [5, 5.41) is 30.8. The number of nitriles is 1. The van der Waals surface area contributed by atoms with E-state index in [4.69, 9.17) is 5.26 Å². The highest BCUT2D eigenvalue weighted by atomic mass is 16.3. The maximum atomic E-state index is 10.2. The number of piperidine rings is 1. The molecule has 0 saturated carbocycles. The van der Waals surface area contributed by atoms with Crippen molar-refractivity contribution >= 4 is 5.82 Å². The Morgan fingerprint density at radius 1 is 1.35 bits per heavy atom. The van der Waals surface area contributed by atoms with E-state index in [2.05, 4.69) is 27.3 Å². The molecule has 2 heterocycles. The van der Waals surface area contributed by atoms with E-state index < -0.39 is 0 Å². The van der Waals surface area contributed by atoms with Crippen LogP contribution in [0.5, 0.6) is 5.75 Å². The minimum Gasteiger partial charge on any atom is -0.507 e. The average molecular weight is 349 g/mol. The number of nitrogens with one attached hydrogen (secondary N) is 1. The Balaban J connectivity index is 1.74. The van der Waals surface area contributed by atoms with Gasteiger partial charge in [-0.1, -0.05) is 6.92 Å². The van der Waals surface area contributed by atoms with Crippen LogP contribution >= 0.6 is 0 Å². The number of benzene rings is 1. The molecule has 0 unspecified atom stereocenters. The number of aryl methyl sites for hydroxylation is 1. The van der Waals surface area contributed by atoms with Crippen molar-refractivity contribution in [1.29, 1.82) is 5.26 Å². The van der Waals surface area contributed by atoms with E-state index in [0.717, 1.165) is 31.6 Å². The lowest BCUT2D eigenvalue weighted by molar-refractivity contribution is 0.279. The van der Waals surface area contributed by atoms with Gasteiger partial charge in [0.1, 0.15) is 5.75 Å². The van der Waals surface area contributed by atoms with Crippen molar-refractivity contribution in [3.8, 4) is 23.1 Å². The largest absolute Gasteiger partial charge is 0.507 e. The third-order valence-corrected chi connectivity index (χ3v) is 4.63. The van der Waals surface area contributed by atoms with Crippen molar-refractivity contribution in [2.75, 3.05) is 25.0 Å². The molecule has 0 amide bonds. The van der Waals surface area contributed by atoms with Crippen LogP contribution in [0.3, 0.4) is 0 Å². The van der Waals surface area contributed by atoms with Gasteiger partial charge in [0.15, 0.2) is 5.82 Å². The molecule has 2 N–H and O–H groups in total. The molecule has 0 aliphatic carbocycles. The summed E-state index contributed by atoms with van der Waals surface area (Å²) in [6, 6.07) is 8.88. The minimum absolute atomic E-state index is 0.0422. The van der Waals surface area contributed by atoms with Gasteiger partial charge in [0.05, 0.1) is 17.3 Å². The van der Waals surface area contributed by atoms with Crippen molar-refractivity contribution in [2.24, 2.45) is 0 Å². The molecule has 1 saturated heterocycles. The molecule has 1 fully saturated rings. The van der Waals surface area contributed by atoms with Crippen molar-refractivity contribution < 1.29 is 5.11 Å². The van der Waals surface area contributed by atoms with Gasteiger partial charge in [-0.05, 0) is 68.3 Å². The molecule has 1 aliphatic rings. The SMILES string of the molecule is CCN1CCC/C(=C/Nc2ccc(-c3c(C)cc(C#N)cc3O)nn2)C1. The zero-order chi connectivity index (χ0) is 18.5. The lowest BCUT2D eigenvalue weighted by Crippen LogP contribution is -2.31. The summed E-state index contributed by atoms with van der Waals surface area (Å²) in [6.45, 7) is 7.25. The molecule has 0 spiro atoms. The van der Waals surface area contributed by atoms with Crippen LogP contribution in [0, 0.1) is 18.3 Å². The Morgan fingerprint density at radius 3 is 2.85 bits per heavy atom. The average Bonchev–Trinajstić information content (AvgIpc) is 2.67. The second-order valence-electron chi connectivity index (χ2n) is 6.52. The number of anilines is 1. The Kier molecular flexibility index (Phi) is 5.49. The molecule has 0 radical (unpaired) electrons. The van der Waals surface area contributed by atoms with E-state index in [1.165, 1.54) is 18.1 Å². The minimum atomic E-state index is 0.0422. The summed E-state index contributed by atoms with van der Waals surface area (Å²) in [5.74, 6) is 0.709. The maximum Gasteiger partial charge on any atom is 0.152 e. The van der Waals surface area contributed by atoms with Crippen molar-refractivity contribution in [3.05, 3.63) is 47.2 Å². The molecule has 134 valence electrons. The Morgan fingerprint density at radius 2 is 2.19 bits per heavy atom. The normalized spacial score (nSPS) is 16.4. The first-order valence-electron chi connectivity index (χ1n) is 8.85. The van der Waals surface area contributed by atoms with Crippen LogP contribution in [0.25, 0.3) is 11.3 Å². The number of likely N-dealkylation sites (N-methyl/N-ethyl adjacent to an activating group) is 1. The lowest BCUT2D eigenvalue weighted by atomic mass is 10.0. The number of rotatable bonds is 4. The Bertz CT molecular complexity index is 828. The van der Waals surface area contributed by atoms with Crippen molar-refractivity contribution in [2.45, 2.75) is 26.7 Å². The number of likely N-dealkylation sites (tertiary alicyclic amines) is 1. The number of aromatic nitrogens is 2. The van der Waals surface area contributed by atoms with Gasteiger partial charge in [-0.3, -0.25) is 4.90 Å². The van der Waals surface area contributed by atoms with E-state index in [0.29, 0.717) is 22.6 Å². The van der Waals surface area contributed by atoms with E-state index in [-0.39, 0.29) is 5.75 Å². The molecular formula is C20H23N5O. The number of phenolic OH excluding ortho intramolecular Hbond substituents is 1. The zero-order valence-corrected chi connectivity index (χ0v) is 15.2. The Labute approximate surface area is 153 Å². The van der Waals surface area contributed by atoms with Crippen LogP contribution < -0.4 is 5.32 Å². The van der Waals surface area contributed by atoms with Gasteiger partial charge in [-0.15, -0.1) is 10.2 Å². The standard InChI is InChI=1S/C20H23N5O/c1-3-25-8-4-5-15(13-25)12-22-19-7-6-17(23-24-19)20-14(2)9-16(11-21)10-18(20)26/h6-7,9-10,12,26H,3-5,8,13H2,1-2H3,(H,22,24)/b15-12-. The smallest absolute Gasteiger partial charge is 0.152 e. The number of aromatic hydroxyl groups is 1. The fourth-order valence-electron chi connectivity index (χ4n) is 3.25. The summed E-state index contributed by atoms with van der Waals surface area (Å²) in [7, 11) is 0. The van der Waals surface area contributed by atoms with Crippen LogP contribution in [0.4, 0.5) is 5.82 Å². The number of hydrogen-bond donors (Lipinski definition) is 2. The summed E-state index contributed by atoms with van der Waals surface area (Å²) >= 11 is 0. The summed E-state index contributed by atoms with van der Waals surface area (Å²) in [5.41, 5.74) is 3.77. The fraction of sp³-hybridized carbons (Fsp3) is 0.350. The molecule has 0 bridgehead atoms. The second kappa shape index (κ2) is 7.98. The molecule has 6 heteroatoms. The monoisotopic (exact) mass is 349 g/mol. The number of phenols is 1. The molecule has 1 aromatic carbocycles. The first kappa shape index (κ1) is 17.9. The lowest BCUT2D eigenvalue weighted by Gasteiger charge is -2.27. The predicted octanol–water partition coefficient (Wildman–Crippen LogP) is 3.44. The zero-order valence-electron chi connectivity index (χ0n) is 15.2. The maximum absolute atomic E-state index is 10.2. The molecule has 6 nitrogen and oxygen atoms in total. The topological polar surface area (TPSA) is 85.1 Å². The fourth-order valence-corrected chi connectivity index (χ4v) is 3.25. The van der Waals surface area contributed by atoms with Crippen LogP contribution in [0.2, 0.25) is 0 Å². The van der Waals surface area contributed by atoms with Crippen LogP contribution in [-0.4, -0.2) is 39.8 Å². The first-order valence-corrected chi connectivity index (χ1v) is 8.85. The molecule has 1 aliphatic heterocycles. The van der Waals surface area contributed by atoms with Gasteiger partial charge in [-0.25, -0.2) is 0 Å². The van der Waals surface area contributed by atoms with Crippen LogP contribution in [-0.2, 0) is 0 Å². The van der Waals surface area contributed by atoms with E-state index in [1.54, 1.807) is 6.07 Å². The van der Waals surface area contributed by atoms with Crippen molar-refractivity contribution in [1.82, 2.24) is 15.1 Å². The van der Waals surface area contributed by atoms with Crippen molar-refractivity contribution in [3.63, 3.8) is 0 Å². The van der Waals surface area contributed by atoms with Gasteiger partial charge in [0.25, 0.3) is 0 Å². The first-order chi connectivity index (χ1) is 12.6. The predicted molar refractivity (Wildman–Crippen MR) is 102 cm³/mol. The van der Waals surface area contributed by atoms with E-state index >= 15 is 0 Å². The summed E-state index contributed by atoms with van der Waals surface area (Å²) < 4.78 is 0. The molecule has 1 aromatic heterocycles. The molecule has 0 atom stereocenters.